The van der Waals surface area contributed by atoms with Crippen LogP contribution in [0.2, 0.25) is 0 Å². The van der Waals surface area contributed by atoms with E-state index in [0.29, 0.717) is 6.61 Å². The number of halogens is 1. The van der Waals surface area contributed by atoms with Crippen molar-refractivity contribution in [2.45, 2.75) is 6.10 Å². The highest BCUT2D eigenvalue weighted by atomic mass is 35.5. The Balaban J connectivity index is 0.00000144. The van der Waals surface area contributed by atoms with Crippen molar-refractivity contribution in [3.8, 4) is 11.5 Å². The Hall–Kier alpha value is -0.970. The molecule has 0 aliphatic carbocycles. The maximum atomic E-state index is 5.64. The largest absolute Gasteiger partial charge is 0.497 e. The van der Waals surface area contributed by atoms with Crippen molar-refractivity contribution < 1.29 is 14.2 Å². The second-order valence-electron chi connectivity index (χ2n) is 3.69. The lowest BCUT2D eigenvalue weighted by Crippen LogP contribution is -2.41. The number of ether oxygens (including phenoxy) is 3. The van der Waals surface area contributed by atoms with Crippen LogP contribution in [0, 0.1) is 0 Å². The van der Waals surface area contributed by atoms with Crippen molar-refractivity contribution in [2.24, 2.45) is 0 Å². The fourth-order valence-corrected chi connectivity index (χ4v) is 1.61. The van der Waals surface area contributed by atoms with E-state index in [0.717, 1.165) is 31.2 Å². The van der Waals surface area contributed by atoms with Crippen LogP contribution < -0.4 is 14.8 Å². The number of methoxy groups -OCH3 is 1. The highest BCUT2D eigenvalue weighted by Crippen LogP contribution is 2.19. The summed E-state index contributed by atoms with van der Waals surface area (Å²) in [7, 11) is 1.65. The van der Waals surface area contributed by atoms with E-state index in [4.69, 9.17) is 14.2 Å². The molecule has 1 aliphatic rings. The van der Waals surface area contributed by atoms with Crippen LogP contribution in [0.15, 0.2) is 24.3 Å². The van der Waals surface area contributed by atoms with Crippen LogP contribution in [0.1, 0.15) is 0 Å². The first-order chi connectivity index (χ1) is 7.88. The molecule has 1 aromatic carbocycles. The van der Waals surface area contributed by atoms with Gasteiger partial charge in [0, 0.05) is 19.2 Å². The van der Waals surface area contributed by atoms with Crippen molar-refractivity contribution in [1.29, 1.82) is 0 Å². The first-order valence-corrected chi connectivity index (χ1v) is 5.47. The summed E-state index contributed by atoms with van der Waals surface area (Å²) in [5, 5.41) is 3.26. The summed E-state index contributed by atoms with van der Waals surface area (Å²) >= 11 is 0. The van der Waals surface area contributed by atoms with Crippen LogP contribution in [0.4, 0.5) is 0 Å². The molecule has 2 rings (SSSR count). The zero-order valence-corrected chi connectivity index (χ0v) is 10.7. The molecule has 0 saturated carbocycles. The molecule has 5 heteroatoms. The number of hydrogen-bond acceptors (Lipinski definition) is 4. The monoisotopic (exact) mass is 259 g/mol. The SMILES string of the molecule is COc1cccc(OCC2CNCCO2)c1.Cl. The molecule has 0 bridgehead atoms. The first kappa shape index (κ1) is 14.1. The van der Waals surface area contributed by atoms with Gasteiger partial charge in [-0.25, -0.2) is 0 Å². The second-order valence-corrected chi connectivity index (χ2v) is 3.69. The van der Waals surface area contributed by atoms with Crippen molar-refractivity contribution in [2.75, 3.05) is 33.4 Å². The summed E-state index contributed by atoms with van der Waals surface area (Å²) in [6.45, 7) is 3.10. The van der Waals surface area contributed by atoms with Gasteiger partial charge in [0.05, 0.1) is 13.7 Å². The van der Waals surface area contributed by atoms with E-state index in [1.165, 1.54) is 0 Å². The van der Waals surface area contributed by atoms with E-state index >= 15 is 0 Å². The molecule has 96 valence electrons. The topological polar surface area (TPSA) is 39.7 Å². The lowest BCUT2D eigenvalue weighted by molar-refractivity contribution is 0.000159. The normalized spacial score (nSPS) is 19.2. The Morgan fingerprint density at radius 2 is 2.24 bits per heavy atom. The predicted octanol–water partition coefficient (Wildman–Crippen LogP) is 1.48. The van der Waals surface area contributed by atoms with Gasteiger partial charge in [0.25, 0.3) is 0 Å². The minimum Gasteiger partial charge on any atom is -0.497 e. The van der Waals surface area contributed by atoms with E-state index in [9.17, 15) is 0 Å². The summed E-state index contributed by atoms with van der Waals surface area (Å²) in [6, 6.07) is 7.59. The Morgan fingerprint density at radius 3 is 2.94 bits per heavy atom. The van der Waals surface area contributed by atoms with Crippen molar-refractivity contribution in [3.63, 3.8) is 0 Å². The van der Waals surface area contributed by atoms with Crippen LogP contribution in [0.25, 0.3) is 0 Å². The molecule has 1 heterocycles. The van der Waals surface area contributed by atoms with Crippen molar-refractivity contribution in [1.82, 2.24) is 5.32 Å². The number of rotatable bonds is 4. The van der Waals surface area contributed by atoms with Gasteiger partial charge in [-0.3, -0.25) is 0 Å². The molecule has 1 N–H and O–H groups in total. The van der Waals surface area contributed by atoms with E-state index in [2.05, 4.69) is 5.32 Å². The molecule has 0 aromatic heterocycles. The van der Waals surface area contributed by atoms with Gasteiger partial charge in [0.2, 0.25) is 0 Å². The van der Waals surface area contributed by atoms with Crippen LogP contribution >= 0.6 is 12.4 Å². The number of nitrogens with one attached hydrogen (secondary N) is 1. The first-order valence-electron chi connectivity index (χ1n) is 5.47. The van der Waals surface area contributed by atoms with Gasteiger partial charge in [-0.05, 0) is 12.1 Å². The molecule has 4 nitrogen and oxygen atoms in total. The lowest BCUT2D eigenvalue weighted by atomic mass is 10.3. The summed E-state index contributed by atoms with van der Waals surface area (Å²) in [6.07, 6.45) is 0.139. The van der Waals surface area contributed by atoms with E-state index in [-0.39, 0.29) is 18.5 Å². The fourth-order valence-electron chi connectivity index (χ4n) is 1.61. The van der Waals surface area contributed by atoms with Crippen LogP contribution in [0.3, 0.4) is 0 Å². The number of morpholine rings is 1. The minimum absolute atomic E-state index is 0. The Morgan fingerprint density at radius 1 is 1.41 bits per heavy atom. The Kier molecular flexibility index (Phi) is 6.11. The number of benzene rings is 1. The Labute approximate surface area is 108 Å². The standard InChI is InChI=1S/C12H17NO3.ClH/c1-14-10-3-2-4-11(7-10)16-9-12-8-13-5-6-15-12;/h2-4,7,12-13H,5-6,8-9H2,1H3;1H. The molecule has 1 saturated heterocycles. The predicted molar refractivity (Wildman–Crippen MR) is 68.3 cm³/mol. The second kappa shape index (κ2) is 7.37. The van der Waals surface area contributed by atoms with Crippen LogP contribution in [-0.4, -0.2) is 39.5 Å². The van der Waals surface area contributed by atoms with Crippen LogP contribution in [-0.2, 0) is 4.74 Å². The molecule has 1 atom stereocenters. The summed E-state index contributed by atoms with van der Waals surface area (Å²) in [5.74, 6) is 1.62. The van der Waals surface area contributed by atoms with Gasteiger partial charge in [-0.1, -0.05) is 6.07 Å². The maximum absolute atomic E-state index is 5.64. The summed E-state index contributed by atoms with van der Waals surface area (Å²) in [5.41, 5.74) is 0. The molecule has 1 unspecified atom stereocenters. The van der Waals surface area contributed by atoms with Gasteiger partial charge in [-0.2, -0.15) is 0 Å². The summed E-state index contributed by atoms with van der Waals surface area (Å²) < 4.78 is 16.3. The van der Waals surface area contributed by atoms with Gasteiger partial charge in [0.1, 0.15) is 24.2 Å². The number of hydrogen-bond donors (Lipinski definition) is 1. The van der Waals surface area contributed by atoms with Crippen LogP contribution in [0.5, 0.6) is 11.5 Å². The quantitative estimate of drug-likeness (QED) is 0.889. The van der Waals surface area contributed by atoms with Gasteiger partial charge < -0.3 is 19.5 Å². The highest BCUT2D eigenvalue weighted by molar-refractivity contribution is 5.85. The third-order valence-electron chi connectivity index (χ3n) is 2.48. The van der Waals surface area contributed by atoms with E-state index in [1.807, 2.05) is 24.3 Å². The Bertz CT molecular complexity index is 329. The molecule has 1 aliphatic heterocycles. The molecule has 1 fully saturated rings. The average molecular weight is 260 g/mol. The average Bonchev–Trinajstić information content (AvgIpc) is 2.38. The van der Waals surface area contributed by atoms with Crippen molar-refractivity contribution in [3.05, 3.63) is 24.3 Å². The van der Waals surface area contributed by atoms with Gasteiger partial charge >= 0.3 is 0 Å². The summed E-state index contributed by atoms with van der Waals surface area (Å²) in [4.78, 5) is 0. The molecule has 17 heavy (non-hydrogen) atoms. The van der Waals surface area contributed by atoms with E-state index < -0.39 is 0 Å². The van der Waals surface area contributed by atoms with Gasteiger partial charge in [0.15, 0.2) is 0 Å². The van der Waals surface area contributed by atoms with E-state index in [1.54, 1.807) is 7.11 Å². The molecular weight excluding hydrogens is 242 g/mol. The zero-order chi connectivity index (χ0) is 11.2. The zero-order valence-electron chi connectivity index (χ0n) is 9.85. The molecule has 1 aromatic rings. The molecule has 0 spiro atoms. The highest BCUT2D eigenvalue weighted by Gasteiger charge is 2.13. The molecular formula is C12H18ClNO3. The van der Waals surface area contributed by atoms with Gasteiger partial charge in [-0.15, -0.1) is 12.4 Å². The smallest absolute Gasteiger partial charge is 0.123 e. The minimum atomic E-state index is 0. The third-order valence-corrected chi connectivity index (χ3v) is 2.48. The molecule has 0 radical (unpaired) electrons. The molecule has 0 amide bonds. The lowest BCUT2D eigenvalue weighted by Gasteiger charge is -2.23. The third kappa shape index (κ3) is 4.42. The maximum Gasteiger partial charge on any atom is 0.123 e. The fraction of sp³-hybridized carbons (Fsp3) is 0.500. The van der Waals surface area contributed by atoms with Crippen molar-refractivity contribution >= 4 is 12.4 Å².